The first-order valence-electron chi connectivity index (χ1n) is 16.5. The molecule has 1 amide bonds. The molecule has 6 rings (SSSR count). The standard InChI is InChI=1S/C35H47NO7/c1-2-3-4-5-6-7-8-9-10-17-22-38-35-28-31(30-27(41-35)23-39-34(43-30)26-20-15-12-16-21-26)40-24-36(28)33(37)32-29(42-32)25-18-13-11-14-19-25/h11-16,18-21,27-32,34-35H,2-10,17,22-24H2,1H3/t27-,28-,29-,30-,31+,32+,34-,35-/m1/s1. The molecular formula is C35H47NO7. The van der Waals surface area contributed by atoms with E-state index < -0.39 is 24.7 Å². The Kier molecular flexibility index (Phi) is 10.8. The Labute approximate surface area is 255 Å². The van der Waals surface area contributed by atoms with Crippen molar-refractivity contribution in [3.05, 3.63) is 71.8 Å². The average Bonchev–Trinajstić information content (AvgIpc) is 3.74. The fourth-order valence-corrected chi connectivity index (χ4v) is 6.61. The van der Waals surface area contributed by atoms with Crippen LogP contribution in [0.5, 0.6) is 0 Å². The first-order chi connectivity index (χ1) is 21.2. The number of epoxide rings is 1. The molecule has 4 saturated heterocycles. The normalized spacial score (nSPS) is 31.4. The largest absolute Gasteiger partial charge is 0.354 e. The van der Waals surface area contributed by atoms with Crippen LogP contribution < -0.4 is 0 Å². The van der Waals surface area contributed by atoms with Crippen LogP contribution in [0.1, 0.15) is 94.7 Å². The van der Waals surface area contributed by atoms with Gasteiger partial charge >= 0.3 is 0 Å². The van der Waals surface area contributed by atoms with Crippen molar-refractivity contribution in [2.45, 2.75) is 120 Å². The minimum absolute atomic E-state index is 0.0948. The number of ether oxygens (including phenoxy) is 6. The van der Waals surface area contributed by atoms with E-state index >= 15 is 0 Å². The average molecular weight is 594 g/mol. The molecule has 0 unspecified atom stereocenters. The fraction of sp³-hybridized carbons (Fsp3) is 0.629. The van der Waals surface area contributed by atoms with Gasteiger partial charge in [-0.25, -0.2) is 0 Å². The Balaban J connectivity index is 1.06. The summed E-state index contributed by atoms with van der Waals surface area (Å²) in [6.45, 7) is 3.35. The maximum atomic E-state index is 13.7. The van der Waals surface area contributed by atoms with Gasteiger partial charge in [0.05, 0.1) is 6.61 Å². The molecule has 2 aromatic carbocycles. The molecule has 4 aliphatic heterocycles. The minimum Gasteiger partial charge on any atom is -0.354 e. The summed E-state index contributed by atoms with van der Waals surface area (Å²) < 4.78 is 37.6. The summed E-state index contributed by atoms with van der Waals surface area (Å²) in [5, 5.41) is 0. The molecule has 234 valence electrons. The van der Waals surface area contributed by atoms with Crippen LogP contribution >= 0.6 is 0 Å². The molecule has 0 spiro atoms. The highest BCUT2D eigenvalue weighted by atomic mass is 16.8. The highest BCUT2D eigenvalue weighted by Gasteiger charge is 2.59. The molecule has 4 aliphatic rings. The Morgan fingerprint density at radius 3 is 2.12 bits per heavy atom. The molecule has 8 atom stereocenters. The van der Waals surface area contributed by atoms with Gasteiger partial charge in [-0.15, -0.1) is 0 Å². The van der Waals surface area contributed by atoms with Crippen LogP contribution in [0.3, 0.4) is 0 Å². The zero-order valence-electron chi connectivity index (χ0n) is 25.4. The first kappa shape index (κ1) is 30.7. The Bertz CT molecular complexity index is 1130. The van der Waals surface area contributed by atoms with Gasteiger partial charge in [0.2, 0.25) is 0 Å². The molecule has 4 fully saturated rings. The maximum absolute atomic E-state index is 13.7. The summed E-state index contributed by atoms with van der Waals surface area (Å²) in [4.78, 5) is 15.5. The lowest BCUT2D eigenvalue weighted by Crippen LogP contribution is -2.64. The van der Waals surface area contributed by atoms with Crippen molar-refractivity contribution in [2.75, 3.05) is 19.9 Å². The number of rotatable bonds is 15. The van der Waals surface area contributed by atoms with E-state index in [1.54, 1.807) is 4.90 Å². The molecule has 0 N–H and O–H groups in total. The summed E-state index contributed by atoms with van der Waals surface area (Å²) in [5.41, 5.74) is 1.95. The summed E-state index contributed by atoms with van der Waals surface area (Å²) in [6.07, 6.45) is 9.58. The summed E-state index contributed by atoms with van der Waals surface area (Å²) in [5.74, 6) is -0.0948. The van der Waals surface area contributed by atoms with Gasteiger partial charge in [-0.3, -0.25) is 4.79 Å². The maximum Gasteiger partial charge on any atom is 0.257 e. The molecule has 0 saturated carbocycles. The number of carbonyl (C=O) groups is 1. The van der Waals surface area contributed by atoms with Crippen LogP contribution in [0.25, 0.3) is 0 Å². The predicted octanol–water partition coefficient (Wildman–Crippen LogP) is 6.46. The highest BCUT2D eigenvalue weighted by Crippen LogP contribution is 2.44. The fourth-order valence-electron chi connectivity index (χ4n) is 6.61. The number of benzene rings is 2. The molecule has 0 bridgehead atoms. The van der Waals surface area contributed by atoms with Crippen molar-refractivity contribution in [2.24, 2.45) is 0 Å². The van der Waals surface area contributed by atoms with Gasteiger partial charge in [-0.2, -0.15) is 0 Å². The van der Waals surface area contributed by atoms with Crippen LogP contribution in [0.2, 0.25) is 0 Å². The van der Waals surface area contributed by atoms with E-state index in [1.165, 1.54) is 51.4 Å². The smallest absolute Gasteiger partial charge is 0.257 e. The van der Waals surface area contributed by atoms with Crippen LogP contribution in [0, 0.1) is 0 Å². The number of unbranched alkanes of at least 4 members (excludes halogenated alkanes) is 9. The van der Waals surface area contributed by atoms with Crippen molar-refractivity contribution < 1.29 is 33.2 Å². The van der Waals surface area contributed by atoms with Crippen molar-refractivity contribution in [3.8, 4) is 0 Å². The minimum atomic E-state index is -0.620. The number of carbonyl (C=O) groups excluding carboxylic acids is 1. The van der Waals surface area contributed by atoms with Crippen molar-refractivity contribution >= 4 is 5.91 Å². The Hall–Kier alpha value is -2.33. The van der Waals surface area contributed by atoms with Gasteiger partial charge in [0, 0.05) is 12.2 Å². The topological polar surface area (TPSA) is 79.0 Å². The summed E-state index contributed by atoms with van der Waals surface area (Å²) in [7, 11) is 0. The second-order valence-electron chi connectivity index (χ2n) is 12.2. The van der Waals surface area contributed by atoms with Crippen LogP contribution in [-0.4, -0.2) is 67.5 Å². The van der Waals surface area contributed by atoms with E-state index in [2.05, 4.69) is 6.92 Å². The molecule has 43 heavy (non-hydrogen) atoms. The number of fused-ring (bicyclic) bond motifs is 3. The number of nitrogens with zero attached hydrogens (tertiary/aromatic N) is 1. The van der Waals surface area contributed by atoms with Gasteiger partial charge < -0.3 is 33.3 Å². The third-order valence-corrected chi connectivity index (χ3v) is 9.07. The van der Waals surface area contributed by atoms with E-state index in [0.717, 1.165) is 24.0 Å². The second kappa shape index (κ2) is 15.1. The van der Waals surface area contributed by atoms with Crippen LogP contribution in [0.4, 0.5) is 0 Å². The zero-order chi connectivity index (χ0) is 29.4. The van der Waals surface area contributed by atoms with Gasteiger partial charge in [0.25, 0.3) is 5.91 Å². The lowest BCUT2D eigenvalue weighted by Gasteiger charge is -2.47. The molecular weight excluding hydrogens is 546 g/mol. The number of amides is 1. The van der Waals surface area contributed by atoms with Gasteiger partial charge in [-0.05, 0) is 12.0 Å². The molecule has 0 aliphatic carbocycles. The Morgan fingerprint density at radius 2 is 1.42 bits per heavy atom. The summed E-state index contributed by atoms with van der Waals surface area (Å²) in [6, 6.07) is 19.3. The van der Waals surface area contributed by atoms with E-state index in [1.807, 2.05) is 60.7 Å². The lowest BCUT2D eigenvalue weighted by molar-refractivity contribution is -0.341. The molecule has 8 nitrogen and oxygen atoms in total. The Morgan fingerprint density at radius 1 is 0.767 bits per heavy atom. The van der Waals surface area contributed by atoms with E-state index in [4.69, 9.17) is 28.4 Å². The quantitative estimate of drug-likeness (QED) is 0.173. The molecule has 8 heteroatoms. The zero-order valence-corrected chi connectivity index (χ0v) is 25.4. The van der Waals surface area contributed by atoms with Crippen molar-refractivity contribution in [1.82, 2.24) is 4.90 Å². The molecule has 0 aromatic heterocycles. The second-order valence-corrected chi connectivity index (χ2v) is 12.2. The van der Waals surface area contributed by atoms with E-state index in [9.17, 15) is 4.79 Å². The number of hydrogen-bond donors (Lipinski definition) is 0. The van der Waals surface area contributed by atoms with Crippen molar-refractivity contribution in [1.29, 1.82) is 0 Å². The lowest BCUT2D eigenvalue weighted by atomic mass is 9.95. The van der Waals surface area contributed by atoms with E-state index in [0.29, 0.717) is 13.2 Å². The third-order valence-electron chi connectivity index (χ3n) is 9.07. The first-order valence-corrected chi connectivity index (χ1v) is 16.5. The van der Waals surface area contributed by atoms with E-state index in [-0.39, 0.29) is 37.1 Å². The molecule has 0 radical (unpaired) electrons. The molecule has 2 aromatic rings. The highest BCUT2D eigenvalue weighted by molar-refractivity contribution is 5.84. The van der Waals surface area contributed by atoms with Gasteiger partial charge in [0.1, 0.15) is 37.2 Å². The molecule has 4 heterocycles. The van der Waals surface area contributed by atoms with Gasteiger partial charge in [0.15, 0.2) is 18.7 Å². The predicted molar refractivity (Wildman–Crippen MR) is 161 cm³/mol. The van der Waals surface area contributed by atoms with Gasteiger partial charge in [-0.1, -0.05) is 125 Å². The SMILES string of the molecule is CCCCCCCCCCCCO[C@@H]1O[C@@H]2CO[C@@H](c3ccccc3)O[C@H]2[C@H]2OCN(C(=O)[C@H]3O[C@@H]3c3ccccc3)[C@@H]12. The monoisotopic (exact) mass is 593 g/mol. The summed E-state index contributed by atoms with van der Waals surface area (Å²) >= 11 is 0. The van der Waals surface area contributed by atoms with Crippen LogP contribution in [-0.2, 0) is 33.2 Å². The third kappa shape index (κ3) is 7.49. The van der Waals surface area contributed by atoms with Crippen molar-refractivity contribution in [3.63, 3.8) is 0 Å². The number of hydrogen-bond acceptors (Lipinski definition) is 7. The van der Waals surface area contributed by atoms with Crippen LogP contribution in [0.15, 0.2) is 60.7 Å².